The molecule has 132 valence electrons. The molecule has 1 rings (SSSR count). The van der Waals surface area contributed by atoms with E-state index in [4.69, 9.17) is 15.9 Å². The molecule has 0 bridgehead atoms. The summed E-state index contributed by atoms with van der Waals surface area (Å²) in [5, 5.41) is 3.07. The molecular weight excluding hydrogens is 320 g/mol. The number of hydrogen-bond donors (Lipinski definition) is 1. The average molecular weight is 340 g/mol. The van der Waals surface area contributed by atoms with E-state index < -0.39 is 17.8 Å². The van der Waals surface area contributed by atoms with Crippen LogP contribution in [0.3, 0.4) is 0 Å². The molecule has 0 aromatic heterocycles. The molecule has 0 radical (unpaired) electrons. The molecule has 1 saturated heterocycles. The molecule has 9 nitrogen and oxygen atoms in total. The highest BCUT2D eigenvalue weighted by atomic mass is 16.7. The van der Waals surface area contributed by atoms with Gasteiger partial charge in [0.1, 0.15) is 0 Å². The molecule has 1 aliphatic rings. The number of imide groups is 1. The van der Waals surface area contributed by atoms with Gasteiger partial charge in [0.25, 0.3) is 11.8 Å². The average Bonchev–Trinajstić information content (AvgIpc) is 2.85. The highest BCUT2D eigenvalue weighted by molar-refractivity contribution is 6.01. The van der Waals surface area contributed by atoms with Crippen molar-refractivity contribution in [2.45, 2.75) is 25.7 Å². The predicted molar refractivity (Wildman–Crippen MR) is 79.9 cm³/mol. The summed E-state index contributed by atoms with van der Waals surface area (Å²) in [6.45, 7) is 1.30. The van der Waals surface area contributed by atoms with Crippen molar-refractivity contribution in [2.24, 2.45) is 0 Å². The summed E-state index contributed by atoms with van der Waals surface area (Å²) in [6.07, 6.45) is 5.05. The van der Waals surface area contributed by atoms with Crippen LogP contribution >= 0.6 is 0 Å². The Morgan fingerprint density at radius 2 is 1.71 bits per heavy atom. The van der Waals surface area contributed by atoms with E-state index in [0.29, 0.717) is 24.8 Å². The van der Waals surface area contributed by atoms with E-state index in [-0.39, 0.29) is 44.8 Å². The molecule has 1 aliphatic heterocycles. The van der Waals surface area contributed by atoms with Crippen molar-refractivity contribution >= 4 is 23.7 Å². The van der Waals surface area contributed by atoms with Crippen molar-refractivity contribution < 1.29 is 33.5 Å². The van der Waals surface area contributed by atoms with E-state index in [1.165, 1.54) is 0 Å². The number of hydrogen-bond acceptors (Lipinski definition) is 7. The van der Waals surface area contributed by atoms with Gasteiger partial charge in [-0.05, 0) is 0 Å². The number of rotatable bonds is 11. The molecule has 0 saturated carbocycles. The monoisotopic (exact) mass is 340 g/mol. The molecule has 3 amide bonds. The van der Waals surface area contributed by atoms with Crippen LogP contribution in [0, 0.1) is 12.3 Å². The number of carbonyl (C=O) groups excluding carboxylic acids is 4. The van der Waals surface area contributed by atoms with E-state index in [1.807, 2.05) is 0 Å². The van der Waals surface area contributed by atoms with Crippen molar-refractivity contribution in [3.8, 4) is 12.3 Å². The van der Waals surface area contributed by atoms with Gasteiger partial charge in [-0.25, -0.2) is 4.79 Å². The van der Waals surface area contributed by atoms with Crippen molar-refractivity contribution in [2.75, 3.05) is 33.0 Å². The van der Waals surface area contributed by atoms with Crippen LogP contribution in [0.15, 0.2) is 0 Å². The standard InChI is InChI=1S/C15H20N2O7/c1-2-3-12(18)16-7-9-23-11-10-22-8-6-15(21)24-17-13(19)4-5-14(17)20/h1H,3-11H2,(H,16,18). The fourth-order valence-corrected chi connectivity index (χ4v) is 1.70. The van der Waals surface area contributed by atoms with Crippen LogP contribution in [0.1, 0.15) is 25.7 Å². The molecule has 0 aliphatic carbocycles. The molecular formula is C15H20N2O7. The lowest BCUT2D eigenvalue weighted by molar-refractivity contribution is -0.198. The maximum absolute atomic E-state index is 11.4. The highest BCUT2D eigenvalue weighted by Gasteiger charge is 2.32. The Morgan fingerprint density at radius 1 is 1.08 bits per heavy atom. The number of ether oxygens (including phenoxy) is 2. The number of nitrogens with one attached hydrogen (secondary N) is 1. The Kier molecular flexibility index (Phi) is 9.11. The van der Waals surface area contributed by atoms with E-state index in [2.05, 4.69) is 16.1 Å². The first-order valence-electron chi connectivity index (χ1n) is 7.47. The third-order valence-corrected chi connectivity index (χ3v) is 2.85. The molecule has 24 heavy (non-hydrogen) atoms. The van der Waals surface area contributed by atoms with Crippen LogP contribution in [-0.2, 0) is 33.5 Å². The summed E-state index contributed by atoms with van der Waals surface area (Å²) in [4.78, 5) is 49.6. The van der Waals surface area contributed by atoms with Crippen LogP contribution in [-0.4, -0.2) is 61.7 Å². The number of hydroxylamine groups is 2. The van der Waals surface area contributed by atoms with Gasteiger partial charge in [0.15, 0.2) is 0 Å². The lowest BCUT2D eigenvalue weighted by Gasteiger charge is -2.12. The molecule has 1 heterocycles. The first-order chi connectivity index (χ1) is 11.5. The van der Waals surface area contributed by atoms with Gasteiger partial charge < -0.3 is 19.6 Å². The molecule has 1 N–H and O–H groups in total. The molecule has 0 unspecified atom stereocenters. The minimum absolute atomic E-state index is 0.0355. The predicted octanol–water partition coefficient (Wildman–Crippen LogP) is -0.844. The van der Waals surface area contributed by atoms with E-state index >= 15 is 0 Å². The lowest BCUT2D eigenvalue weighted by atomic mass is 10.4. The van der Waals surface area contributed by atoms with Gasteiger partial charge in [-0.15, -0.1) is 11.5 Å². The molecule has 0 aromatic carbocycles. The Bertz CT molecular complexity index is 496. The smallest absolute Gasteiger partial charge is 0.335 e. The van der Waals surface area contributed by atoms with Crippen LogP contribution in [0.4, 0.5) is 0 Å². The maximum Gasteiger partial charge on any atom is 0.335 e. The van der Waals surface area contributed by atoms with Crippen LogP contribution in [0.25, 0.3) is 0 Å². The summed E-state index contributed by atoms with van der Waals surface area (Å²) in [5.74, 6) is 0.252. The zero-order valence-corrected chi connectivity index (χ0v) is 13.2. The summed E-state index contributed by atoms with van der Waals surface area (Å²) in [5.41, 5.74) is 0. The van der Waals surface area contributed by atoms with Crippen LogP contribution in [0.2, 0.25) is 0 Å². The second kappa shape index (κ2) is 11.2. The van der Waals surface area contributed by atoms with Crippen LogP contribution < -0.4 is 5.32 Å². The fraction of sp³-hybridized carbons (Fsp3) is 0.600. The van der Waals surface area contributed by atoms with Gasteiger partial charge in [0, 0.05) is 19.4 Å². The Hall–Kier alpha value is -2.44. The van der Waals surface area contributed by atoms with E-state index in [9.17, 15) is 19.2 Å². The molecule has 0 spiro atoms. The van der Waals surface area contributed by atoms with Gasteiger partial charge in [-0.2, -0.15) is 0 Å². The zero-order chi connectivity index (χ0) is 17.8. The Balaban J connectivity index is 1.94. The van der Waals surface area contributed by atoms with E-state index in [0.717, 1.165) is 0 Å². The number of nitrogens with zero attached hydrogens (tertiary/aromatic N) is 1. The first kappa shape index (κ1) is 19.6. The molecule has 1 fully saturated rings. The lowest BCUT2D eigenvalue weighted by Crippen LogP contribution is -2.32. The largest absolute Gasteiger partial charge is 0.378 e. The van der Waals surface area contributed by atoms with Gasteiger partial charge in [0.2, 0.25) is 5.91 Å². The van der Waals surface area contributed by atoms with Crippen LogP contribution in [0.5, 0.6) is 0 Å². The number of carbonyl (C=O) groups is 4. The van der Waals surface area contributed by atoms with Crippen molar-refractivity contribution in [1.82, 2.24) is 10.4 Å². The first-order valence-corrected chi connectivity index (χ1v) is 7.47. The third-order valence-electron chi connectivity index (χ3n) is 2.85. The van der Waals surface area contributed by atoms with Gasteiger partial charge in [0.05, 0.1) is 39.3 Å². The highest BCUT2D eigenvalue weighted by Crippen LogP contribution is 2.12. The van der Waals surface area contributed by atoms with E-state index in [1.54, 1.807) is 0 Å². The zero-order valence-electron chi connectivity index (χ0n) is 13.2. The minimum atomic E-state index is -0.712. The summed E-state index contributed by atoms with van der Waals surface area (Å²) >= 11 is 0. The molecule has 0 aromatic rings. The van der Waals surface area contributed by atoms with Gasteiger partial charge in [-0.3, -0.25) is 14.4 Å². The third kappa shape index (κ3) is 7.71. The van der Waals surface area contributed by atoms with Crippen molar-refractivity contribution in [3.63, 3.8) is 0 Å². The van der Waals surface area contributed by atoms with Crippen molar-refractivity contribution in [3.05, 3.63) is 0 Å². The number of amides is 3. The normalized spacial score (nSPS) is 13.7. The minimum Gasteiger partial charge on any atom is -0.378 e. The maximum atomic E-state index is 11.4. The number of terminal acetylenes is 1. The van der Waals surface area contributed by atoms with Crippen molar-refractivity contribution in [1.29, 1.82) is 0 Å². The Morgan fingerprint density at radius 3 is 2.33 bits per heavy atom. The second-order valence-electron chi connectivity index (χ2n) is 4.75. The Labute approximate surface area is 139 Å². The fourth-order valence-electron chi connectivity index (χ4n) is 1.70. The molecule has 0 atom stereocenters. The summed E-state index contributed by atoms with van der Waals surface area (Å²) in [7, 11) is 0. The summed E-state index contributed by atoms with van der Waals surface area (Å²) < 4.78 is 10.4. The quantitative estimate of drug-likeness (QED) is 0.296. The molecule has 9 heteroatoms. The second-order valence-corrected chi connectivity index (χ2v) is 4.75. The topological polar surface area (TPSA) is 111 Å². The van der Waals surface area contributed by atoms with Gasteiger partial charge >= 0.3 is 5.97 Å². The summed E-state index contributed by atoms with van der Waals surface area (Å²) in [6, 6.07) is 0. The SMILES string of the molecule is C#CCC(=O)NCCOCCOCCC(=O)ON1C(=O)CCC1=O. The van der Waals surface area contributed by atoms with Gasteiger partial charge in [-0.1, -0.05) is 5.92 Å².